The lowest BCUT2D eigenvalue weighted by Gasteiger charge is -2.21. The molecule has 0 saturated heterocycles. The van der Waals surface area contributed by atoms with Crippen molar-refractivity contribution in [1.29, 1.82) is 0 Å². The van der Waals surface area contributed by atoms with E-state index < -0.39 is 0 Å². The molecule has 0 radical (unpaired) electrons. The molecule has 90 valence electrons. The van der Waals surface area contributed by atoms with E-state index in [1.807, 2.05) is 18.2 Å². The molecule has 0 fully saturated rings. The van der Waals surface area contributed by atoms with Crippen LogP contribution in [0.15, 0.2) is 43.0 Å². The summed E-state index contributed by atoms with van der Waals surface area (Å²) in [6.07, 6.45) is 3.19. The molecule has 0 aliphatic carbocycles. The average molecular weight is 239 g/mol. The Morgan fingerprint density at radius 2 is 1.94 bits per heavy atom. The lowest BCUT2D eigenvalue weighted by atomic mass is 10.3. The lowest BCUT2D eigenvalue weighted by Crippen LogP contribution is -2.17. The highest BCUT2D eigenvalue weighted by atomic mass is 15.2. The molecule has 3 rings (SSSR count). The molecule has 1 N–H and O–H groups in total. The van der Waals surface area contributed by atoms with E-state index in [1.54, 1.807) is 12.7 Å². The first-order valence-corrected chi connectivity index (χ1v) is 5.87. The molecule has 0 spiro atoms. The molecule has 18 heavy (non-hydrogen) atoms. The maximum Gasteiger partial charge on any atom is 0.182 e. The van der Waals surface area contributed by atoms with Gasteiger partial charge >= 0.3 is 0 Å². The summed E-state index contributed by atoms with van der Waals surface area (Å²) in [7, 11) is 0. The first kappa shape index (κ1) is 10.7. The minimum absolute atomic E-state index is 0.689. The number of para-hydroxylation sites is 1. The van der Waals surface area contributed by atoms with Gasteiger partial charge in [-0.15, -0.1) is 0 Å². The number of H-pyrrole nitrogens is 1. The molecule has 0 saturated carbocycles. The van der Waals surface area contributed by atoms with Gasteiger partial charge in [-0.1, -0.05) is 18.2 Å². The van der Waals surface area contributed by atoms with Crippen molar-refractivity contribution in [3.05, 3.63) is 43.0 Å². The Bertz CT molecular complexity index is 647. The Kier molecular flexibility index (Phi) is 2.64. The fourth-order valence-electron chi connectivity index (χ4n) is 2.02. The van der Waals surface area contributed by atoms with Crippen molar-refractivity contribution in [2.75, 3.05) is 11.4 Å². The molecule has 5 heteroatoms. The van der Waals surface area contributed by atoms with Gasteiger partial charge in [0.25, 0.3) is 0 Å². The largest absolute Gasteiger partial charge is 0.340 e. The zero-order valence-corrected chi connectivity index (χ0v) is 10.0. The van der Waals surface area contributed by atoms with E-state index in [0.717, 1.165) is 23.6 Å². The third-order valence-corrected chi connectivity index (χ3v) is 2.84. The van der Waals surface area contributed by atoms with Gasteiger partial charge in [0.2, 0.25) is 0 Å². The molecule has 2 heterocycles. The van der Waals surface area contributed by atoms with Crippen LogP contribution in [-0.4, -0.2) is 26.5 Å². The van der Waals surface area contributed by atoms with Crippen molar-refractivity contribution in [3.8, 4) is 0 Å². The van der Waals surface area contributed by atoms with Crippen molar-refractivity contribution in [2.45, 2.75) is 6.92 Å². The Balaban J connectivity index is 2.15. The average Bonchev–Trinajstić information content (AvgIpc) is 2.90. The zero-order chi connectivity index (χ0) is 12.4. The molecule has 2 aromatic heterocycles. The van der Waals surface area contributed by atoms with Crippen LogP contribution in [0.5, 0.6) is 0 Å². The van der Waals surface area contributed by atoms with E-state index in [0.29, 0.717) is 5.65 Å². The van der Waals surface area contributed by atoms with E-state index in [4.69, 9.17) is 0 Å². The number of fused-ring (bicyclic) bond motifs is 1. The van der Waals surface area contributed by atoms with E-state index in [-0.39, 0.29) is 0 Å². The molecule has 0 atom stereocenters. The Labute approximate surface area is 105 Å². The highest BCUT2D eigenvalue weighted by Gasteiger charge is 2.13. The van der Waals surface area contributed by atoms with Crippen LogP contribution in [0.3, 0.4) is 0 Å². The normalized spacial score (nSPS) is 10.7. The second kappa shape index (κ2) is 4.44. The molecule has 0 aliphatic rings. The van der Waals surface area contributed by atoms with Gasteiger partial charge in [-0.25, -0.2) is 15.0 Å². The monoisotopic (exact) mass is 239 g/mol. The molecule has 1 aromatic carbocycles. The fourth-order valence-corrected chi connectivity index (χ4v) is 2.02. The van der Waals surface area contributed by atoms with Crippen LogP contribution < -0.4 is 4.90 Å². The van der Waals surface area contributed by atoms with Gasteiger partial charge in [0.1, 0.15) is 11.8 Å². The molecule has 3 aromatic rings. The van der Waals surface area contributed by atoms with E-state index in [9.17, 15) is 0 Å². The number of aromatic nitrogens is 4. The summed E-state index contributed by atoms with van der Waals surface area (Å²) < 4.78 is 0. The van der Waals surface area contributed by atoms with Crippen LogP contribution in [0.1, 0.15) is 6.92 Å². The van der Waals surface area contributed by atoms with Crippen LogP contribution in [-0.2, 0) is 0 Å². The maximum atomic E-state index is 4.37. The molecular formula is C13H13N5. The number of rotatable bonds is 3. The van der Waals surface area contributed by atoms with E-state index in [1.165, 1.54) is 0 Å². The minimum atomic E-state index is 0.689. The molecular weight excluding hydrogens is 226 g/mol. The molecule has 0 unspecified atom stereocenters. The number of anilines is 2. The predicted octanol–water partition coefficient (Wildman–Crippen LogP) is 2.51. The van der Waals surface area contributed by atoms with Crippen molar-refractivity contribution in [3.63, 3.8) is 0 Å². The van der Waals surface area contributed by atoms with Crippen LogP contribution >= 0.6 is 0 Å². The van der Waals surface area contributed by atoms with Gasteiger partial charge in [0.05, 0.1) is 6.33 Å². The number of hydrogen-bond acceptors (Lipinski definition) is 4. The topological polar surface area (TPSA) is 57.7 Å². The predicted molar refractivity (Wildman–Crippen MR) is 70.8 cm³/mol. The van der Waals surface area contributed by atoms with Crippen molar-refractivity contribution in [2.24, 2.45) is 0 Å². The Morgan fingerprint density at radius 1 is 1.11 bits per heavy atom. The second-order valence-corrected chi connectivity index (χ2v) is 3.88. The van der Waals surface area contributed by atoms with Crippen molar-refractivity contribution < 1.29 is 0 Å². The van der Waals surface area contributed by atoms with E-state index in [2.05, 4.69) is 43.9 Å². The van der Waals surface area contributed by atoms with Gasteiger partial charge in [-0.05, 0) is 19.1 Å². The standard InChI is InChI=1S/C13H13N5/c1-2-18(10-6-4-3-5-7-10)13-11-12(15-8-14-11)16-9-17-13/h3-9H,2H2,1H3,(H,14,15,16,17). The maximum absolute atomic E-state index is 4.37. The number of nitrogens with zero attached hydrogens (tertiary/aromatic N) is 4. The molecule has 0 bridgehead atoms. The fraction of sp³-hybridized carbons (Fsp3) is 0.154. The van der Waals surface area contributed by atoms with Gasteiger partial charge in [0, 0.05) is 12.2 Å². The second-order valence-electron chi connectivity index (χ2n) is 3.88. The SMILES string of the molecule is CCN(c1ccccc1)c1ncnc2nc[nH]c12. The molecule has 0 aliphatic heterocycles. The highest BCUT2D eigenvalue weighted by Crippen LogP contribution is 2.26. The first-order chi connectivity index (χ1) is 8.90. The molecule has 5 nitrogen and oxygen atoms in total. The number of aromatic amines is 1. The Hall–Kier alpha value is -2.43. The number of benzene rings is 1. The highest BCUT2D eigenvalue weighted by molar-refractivity contribution is 5.85. The van der Waals surface area contributed by atoms with Gasteiger partial charge in [-0.3, -0.25) is 0 Å². The van der Waals surface area contributed by atoms with Crippen LogP contribution in [0.25, 0.3) is 11.2 Å². The minimum Gasteiger partial charge on any atom is -0.340 e. The van der Waals surface area contributed by atoms with Gasteiger partial charge < -0.3 is 9.88 Å². The quantitative estimate of drug-likeness (QED) is 0.763. The summed E-state index contributed by atoms with van der Waals surface area (Å²) in [6, 6.07) is 10.2. The third kappa shape index (κ3) is 1.69. The number of nitrogens with one attached hydrogen (secondary N) is 1. The van der Waals surface area contributed by atoms with Crippen molar-refractivity contribution >= 4 is 22.7 Å². The van der Waals surface area contributed by atoms with E-state index >= 15 is 0 Å². The summed E-state index contributed by atoms with van der Waals surface area (Å²) in [5.41, 5.74) is 2.66. The zero-order valence-electron chi connectivity index (χ0n) is 10.0. The Morgan fingerprint density at radius 3 is 2.72 bits per heavy atom. The van der Waals surface area contributed by atoms with Gasteiger partial charge in [-0.2, -0.15) is 0 Å². The lowest BCUT2D eigenvalue weighted by molar-refractivity contribution is 0.986. The number of hydrogen-bond donors (Lipinski definition) is 1. The number of imidazole rings is 1. The summed E-state index contributed by atoms with van der Waals surface area (Å²) in [6.45, 7) is 2.92. The summed E-state index contributed by atoms with van der Waals surface area (Å²) >= 11 is 0. The van der Waals surface area contributed by atoms with Crippen molar-refractivity contribution in [1.82, 2.24) is 19.9 Å². The smallest absolute Gasteiger partial charge is 0.182 e. The first-order valence-electron chi connectivity index (χ1n) is 5.87. The molecule has 0 amide bonds. The third-order valence-electron chi connectivity index (χ3n) is 2.84. The van der Waals surface area contributed by atoms with Crippen LogP contribution in [0.4, 0.5) is 11.5 Å². The summed E-state index contributed by atoms with van der Waals surface area (Å²) in [5, 5.41) is 0. The van der Waals surface area contributed by atoms with Crippen LogP contribution in [0, 0.1) is 0 Å². The summed E-state index contributed by atoms with van der Waals surface area (Å²) in [5.74, 6) is 0.853. The summed E-state index contributed by atoms with van der Waals surface area (Å²) in [4.78, 5) is 17.9. The van der Waals surface area contributed by atoms with Crippen LogP contribution in [0.2, 0.25) is 0 Å². The van der Waals surface area contributed by atoms with Gasteiger partial charge in [0.15, 0.2) is 11.5 Å².